The molecule has 4 aromatic rings. The summed E-state index contributed by atoms with van der Waals surface area (Å²) in [6, 6.07) is 15.9. The number of pyridine rings is 2. The van der Waals surface area contributed by atoms with E-state index in [0.29, 0.717) is 28.4 Å². The van der Waals surface area contributed by atoms with Crippen LogP contribution in [0.2, 0.25) is 0 Å². The largest absolute Gasteiger partial charge is 0.453 e. The normalized spacial score (nSPS) is 10.6. The molecule has 0 fully saturated rings. The third-order valence-electron chi connectivity index (χ3n) is 5.33. The Hall–Kier alpha value is -4.73. The highest BCUT2D eigenvalue weighted by molar-refractivity contribution is 6.08. The fraction of sp³-hybridized carbons (Fsp3) is 0.160. The SMILES string of the molecule is COC(=O)Nc1ccc(-c2cnc3ccc(C(=O)N(CC(=O)N(C)C)c4ccccc4)cn23)cn1. The maximum absolute atomic E-state index is 13.5. The first-order valence-electron chi connectivity index (χ1n) is 10.7. The van der Waals surface area contributed by atoms with Crippen molar-refractivity contribution in [3.8, 4) is 11.3 Å². The van der Waals surface area contributed by atoms with Crippen LogP contribution in [0.25, 0.3) is 16.9 Å². The number of fused-ring (bicyclic) bond motifs is 1. The summed E-state index contributed by atoms with van der Waals surface area (Å²) in [6.07, 6.45) is 4.35. The van der Waals surface area contributed by atoms with Gasteiger partial charge in [-0.3, -0.25) is 24.2 Å². The van der Waals surface area contributed by atoms with Crippen molar-refractivity contribution in [2.24, 2.45) is 0 Å². The fourth-order valence-corrected chi connectivity index (χ4v) is 3.42. The van der Waals surface area contributed by atoms with Crippen LogP contribution in [0.1, 0.15) is 10.4 Å². The van der Waals surface area contributed by atoms with Crippen molar-refractivity contribution in [2.75, 3.05) is 38.0 Å². The zero-order chi connectivity index (χ0) is 24.9. The van der Waals surface area contributed by atoms with Gasteiger partial charge < -0.3 is 9.64 Å². The van der Waals surface area contributed by atoms with Crippen LogP contribution in [0.3, 0.4) is 0 Å². The van der Waals surface area contributed by atoms with Crippen molar-refractivity contribution in [2.45, 2.75) is 0 Å². The molecule has 1 aromatic carbocycles. The molecule has 1 N–H and O–H groups in total. The molecule has 0 aliphatic rings. The zero-order valence-corrected chi connectivity index (χ0v) is 19.5. The van der Waals surface area contributed by atoms with Crippen molar-refractivity contribution in [3.05, 3.63) is 78.8 Å². The topological polar surface area (TPSA) is 109 Å². The van der Waals surface area contributed by atoms with Crippen molar-refractivity contribution < 1.29 is 19.1 Å². The number of carbonyl (C=O) groups excluding carboxylic acids is 3. The van der Waals surface area contributed by atoms with E-state index in [4.69, 9.17) is 0 Å². The van der Waals surface area contributed by atoms with E-state index in [9.17, 15) is 14.4 Å². The van der Waals surface area contributed by atoms with E-state index < -0.39 is 6.09 Å². The highest BCUT2D eigenvalue weighted by atomic mass is 16.5. The molecular weight excluding hydrogens is 448 g/mol. The summed E-state index contributed by atoms with van der Waals surface area (Å²) < 4.78 is 6.36. The third kappa shape index (κ3) is 5.11. The lowest BCUT2D eigenvalue weighted by molar-refractivity contribution is -0.127. The minimum atomic E-state index is -0.612. The van der Waals surface area contributed by atoms with Crippen LogP contribution < -0.4 is 10.2 Å². The molecule has 0 bridgehead atoms. The molecule has 4 rings (SSSR count). The summed E-state index contributed by atoms with van der Waals surface area (Å²) >= 11 is 0. The molecule has 0 radical (unpaired) electrons. The number of nitrogens with zero attached hydrogens (tertiary/aromatic N) is 5. The summed E-state index contributed by atoms with van der Waals surface area (Å²) in [5.74, 6) is -0.170. The molecule has 0 saturated carbocycles. The Morgan fingerprint density at radius 2 is 1.74 bits per heavy atom. The molecule has 0 atom stereocenters. The molecule has 0 saturated heterocycles. The maximum atomic E-state index is 13.5. The van der Waals surface area contributed by atoms with Gasteiger partial charge in [0.1, 0.15) is 18.0 Å². The lowest BCUT2D eigenvalue weighted by atomic mass is 10.2. The number of nitrogens with one attached hydrogen (secondary N) is 1. The second-order valence-electron chi connectivity index (χ2n) is 7.85. The number of ether oxygens (including phenoxy) is 1. The minimum absolute atomic E-state index is 0.0940. The first-order valence-corrected chi connectivity index (χ1v) is 10.7. The van der Waals surface area contributed by atoms with E-state index in [1.165, 1.54) is 16.9 Å². The first-order chi connectivity index (χ1) is 16.9. The number of aromatic nitrogens is 3. The number of benzene rings is 1. The lowest BCUT2D eigenvalue weighted by Crippen LogP contribution is -2.40. The second kappa shape index (κ2) is 10.0. The predicted molar refractivity (Wildman–Crippen MR) is 131 cm³/mol. The molecule has 0 aliphatic heterocycles. The van der Waals surface area contributed by atoms with Gasteiger partial charge in [-0.25, -0.2) is 14.8 Å². The van der Waals surface area contributed by atoms with E-state index in [-0.39, 0.29) is 18.4 Å². The van der Waals surface area contributed by atoms with Gasteiger partial charge in [-0.15, -0.1) is 0 Å². The molecule has 10 heteroatoms. The van der Waals surface area contributed by atoms with E-state index >= 15 is 0 Å². The van der Waals surface area contributed by atoms with Crippen LogP contribution in [0.4, 0.5) is 16.3 Å². The van der Waals surface area contributed by atoms with Crippen LogP contribution in [0.5, 0.6) is 0 Å². The lowest BCUT2D eigenvalue weighted by Gasteiger charge is -2.24. The van der Waals surface area contributed by atoms with Crippen molar-refractivity contribution in [1.82, 2.24) is 19.3 Å². The Morgan fingerprint density at radius 1 is 0.971 bits per heavy atom. The number of likely N-dealkylation sites (N-methyl/N-ethyl adjacent to an activating group) is 1. The summed E-state index contributed by atoms with van der Waals surface area (Å²) in [5.41, 5.74) is 3.10. The Kier molecular flexibility index (Phi) is 6.72. The standard InChI is InChI=1S/C25H24N6O4/c1-29(2)23(32)16-30(19-7-5-4-6-8-19)24(33)18-10-12-22-27-14-20(31(22)15-18)17-9-11-21(26-13-17)28-25(34)35-3/h4-15H,16H2,1-3H3,(H,26,28,34). The van der Waals surface area contributed by atoms with Crippen molar-refractivity contribution >= 4 is 35.1 Å². The van der Waals surface area contributed by atoms with Gasteiger partial charge in [0.25, 0.3) is 5.91 Å². The van der Waals surface area contributed by atoms with E-state index in [1.54, 1.807) is 73.5 Å². The zero-order valence-electron chi connectivity index (χ0n) is 19.5. The molecule has 0 aliphatic carbocycles. The van der Waals surface area contributed by atoms with Gasteiger partial charge in [0.2, 0.25) is 5.91 Å². The monoisotopic (exact) mass is 472 g/mol. The summed E-state index contributed by atoms with van der Waals surface area (Å²) in [6.45, 7) is -0.0940. The fourth-order valence-electron chi connectivity index (χ4n) is 3.42. The average Bonchev–Trinajstić information content (AvgIpc) is 3.30. The Balaban J connectivity index is 1.68. The van der Waals surface area contributed by atoms with Gasteiger partial charge in [-0.2, -0.15) is 0 Å². The molecular formula is C25H24N6O4. The molecule has 10 nitrogen and oxygen atoms in total. The number of para-hydroxylation sites is 1. The second-order valence-corrected chi connectivity index (χ2v) is 7.85. The molecule has 0 unspecified atom stereocenters. The molecule has 35 heavy (non-hydrogen) atoms. The molecule has 0 spiro atoms. The Labute approximate surface area is 201 Å². The van der Waals surface area contributed by atoms with Crippen LogP contribution in [-0.4, -0.2) is 64.9 Å². The van der Waals surface area contributed by atoms with Crippen molar-refractivity contribution in [1.29, 1.82) is 0 Å². The van der Waals surface area contributed by atoms with Gasteiger partial charge in [-0.1, -0.05) is 18.2 Å². The van der Waals surface area contributed by atoms with Crippen LogP contribution in [0.15, 0.2) is 73.2 Å². The van der Waals surface area contributed by atoms with E-state index in [1.807, 2.05) is 18.2 Å². The Bertz CT molecular complexity index is 1370. The number of carbonyl (C=O) groups is 3. The Morgan fingerprint density at radius 3 is 2.40 bits per heavy atom. The molecule has 3 heterocycles. The number of anilines is 2. The average molecular weight is 473 g/mol. The summed E-state index contributed by atoms with van der Waals surface area (Å²) in [5, 5.41) is 2.50. The van der Waals surface area contributed by atoms with Gasteiger partial charge in [0.05, 0.1) is 24.6 Å². The quantitative estimate of drug-likeness (QED) is 0.461. The summed E-state index contributed by atoms with van der Waals surface area (Å²) in [7, 11) is 4.58. The highest BCUT2D eigenvalue weighted by Crippen LogP contribution is 2.23. The number of hydrogen-bond donors (Lipinski definition) is 1. The van der Waals surface area contributed by atoms with Gasteiger partial charge in [0, 0.05) is 37.7 Å². The maximum Gasteiger partial charge on any atom is 0.412 e. The highest BCUT2D eigenvalue weighted by Gasteiger charge is 2.22. The van der Waals surface area contributed by atoms with E-state index in [0.717, 1.165) is 5.56 Å². The van der Waals surface area contributed by atoms with Gasteiger partial charge >= 0.3 is 6.09 Å². The number of imidazole rings is 1. The molecule has 178 valence electrons. The van der Waals surface area contributed by atoms with Gasteiger partial charge in [-0.05, 0) is 36.4 Å². The van der Waals surface area contributed by atoms with Crippen LogP contribution in [0, 0.1) is 0 Å². The predicted octanol–water partition coefficient (Wildman–Crippen LogP) is 3.31. The number of rotatable bonds is 6. The van der Waals surface area contributed by atoms with Crippen LogP contribution in [-0.2, 0) is 9.53 Å². The number of amides is 3. The summed E-state index contributed by atoms with van der Waals surface area (Å²) in [4.78, 5) is 48.9. The molecule has 3 aromatic heterocycles. The smallest absolute Gasteiger partial charge is 0.412 e. The van der Waals surface area contributed by atoms with Gasteiger partial charge in [0.15, 0.2) is 0 Å². The van der Waals surface area contributed by atoms with Crippen LogP contribution >= 0.6 is 0 Å². The first kappa shape index (κ1) is 23.4. The minimum Gasteiger partial charge on any atom is -0.453 e. The van der Waals surface area contributed by atoms with Crippen molar-refractivity contribution in [3.63, 3.8) is 0 Å². The molecule has 3 amide bonds. The third-order valence-corrected chi connectivity index (χ3v) is 5.33. The number of methoxy groups -OCH3 is 1. The number of hydrogen-bond acceptors (Lipinski definition) is 6. The van der Waals surface area contributed by atoms with E-state index in [2.05, 4.69) is 20.0 Å².